The Morgan fingerprint density at radius 3 is 2.65 bits per heavy atom. The number of carbonyl (C=O) groups is 1. The molecule has 0 aliphatic heterocycles. The average Bonchev–Trinajstić information content (AvgIpc) is 2.92. The van der Waals surface area contributed by atoms with Gasteiger partial charge in [0.1, 0.15) is 4.90 Å². The molecule has 0 aliphatic rings. The molecule has 0 fully saturated rings. The second-order valence-corrected chi connectivity index (χ2v) is 6.02. The highest BCUT2D eigenvalue weighted by Gasteiger charge is 2.19. The predicted octanol–water partition coefficient (Wildman–Crippen LogP) is 2.09. The van der Waals surface area contributed by atoms with Crippen molar-refractivity contribution in [1.82, 2.24) is 8.96 Å². The molecule has 0 N–H and O–H groups in total. The fourth-order valence-electron chi connectivity index (χ4n) is 2.09. The number of hydrogen-bond acceptors (Lipinski definition) is 4. The van der Waals surface area contributed by atoms with Crippen molar-refractivity contribution in [3.63, 3.8) is 0 Å². The smallest absolute Gasteiger partial charge is 0.269 e. The van der Waals surface area contributed by atoms with E-state index in [0.717, 1.165) is 3.97 Å². The second kappa shape index (κ2) is 4.57. The van der Waals surface area contributed by atoms with Crippen LogP contribution >= 0.6 is 0 Å². The van der Waals surface area contributed by atoms with Gasteiger partial charge in [-0.15, -0.1) is 0 Å². The normalized spacial score (nSPS) is 11.6. The maximum Gasteiger partial charge on any atom is 0.269 e. The Bertz CT molecular complexity index is 883. The molecule has 6 heteroatoms. The molecule has 20 heavy (non-hydrogen) atoms. The number of carbonyl (C=O) groups excluding carboxylic acids is 1. The topological polar surface area (TPSA) is 69.0 Å². The highest BCUT2D eigenvalue weighted by molar-refractivity contribution is 7.90. The lowest BCUT2D eigenvalue weighted by Crippen LogP contribution is -2.11. The number of benzene rings is 1. The van der Waals surface area contributed by atoms with Gasteiger partial charge in [-0.2, -0.15) is 0 Å². The highest BCUT2D eigenvalue weighted by atomic mass is 32.2. The molecule has 0 saturated heterocycles. The Labute approximate surface area is 115 Å². The zero-order valence-electron chi connectivity index (χ0n) is 10.3. The quantitative estimate of drug-likeness (QED) is 0.691. The van der Waals surface area contributed by atoms with Crippen LogP contribution in [-0.2, 0) is 10.0 Å². The lowest BCUT2D eigenvalue weighted by Gasteiger charge is -2.07. The molecule has 0 spiro atoms. The summed E-state index contributed by atoms with van der Waals surface area (Å²) >= 11 is 0. The van der Waals surface area contributed by atoms with Gasteiger partial charge in [0.25, 0.3) is 10.0 Å². The van der Waals surface area contributed by atoms with Crippen molar-refractivity contribution in [2.24, 2.45) is 0 Å². The zero-order chi connectivity index (χ0) is 14.2. The van der Waals surface area contributed by atoms with Crippen molar-refractivity contribution >= 4 is 27.2 Å². The van der Waals surface area contributed by atoms with Crippen LogP contribution in [0.15, 0.2) is 59.9 Å². The summed E-state index contributed by atoms with van der Waals surface area (Å²) in [6, 6.07) is 9.63. The summed E-state index contributed by atoms with van der Waals surface area (Å²) in [6.07, 6.45) is 4.96. The zero-order valence-corrected chi connectivity index (χ0v) is 11.1. The van der Waals surface area contributed by atoms with E-state index in [0.29, 0.717) is 22.8 Å². The fraction of sp³-hybridized carbons (Fsp3) is 0. The molecule has 0 aliphatic carbocycles. The third-order valence-corrected chi connectivity index (χ3v) is 4.72. The van der Waals surface area contributed by atoms with Crippen LogP contribution in [0.25, 0.3) is 10.9 Å². The first kappa shape index (κ1) is 12.6. The molecule has 0 radical (unpaired) electrons. The van der Waals surface area contributed by atoms with Crippen molar-refractivity contribution in [2.45, 2.75) is 4.90 Å². The lowest BCUT2D eigenvalue weighted by atomic mass is 10.1. The monoisotopic (exact) mass is 286 g/mol. The summed E-state index contributed by atoms with van der Waals surface area (Å²) in [5, 5.41) is 0.606. The summed E-state index contributed by atoms with van der Waals surface area (Å²) < 4.78 is 26.2. The van der Waals surface area contributed by atoms with E-state index < -0.39 is 10.0 Å². The fourth-order valence-corrected chi connectivity index (χ4v) is 3.40. The summed E-state index contributed by atoms with van der Waals surface area (Å²) in [5.41, 5.74) is 0.932. The van der Waals surface area contributed by atoms with E-state index in [1.165, 1.54) is 24.7 Å². The number of pyridine rings is 1. The molecule has 2 heterocycles. The number of hydrogen-bond donors (Lipinski definition) is 0. The Hall–Kier alpha value is -2.47. The van der Waals surface area contributed by atoms with Crippen molar-refractivity contribution in [3.8, 4) is 0 Å². The molecule has 0 saturated carbocycles. The minimum atomic E-state index is -3.71. The van der Waals surface area contributed by atoms with E-state index in [9.17, 15) is 13.2 Å². The first-order chi connectivity index (χ1) is 9.64. The number of aromatic nitrogens is 2. The van der Waals surface area contributed by atoms with Gasteiger partial charge in [-0.05, 0) is 24.3 Å². The summed E-state index contributed by atoms with van der Waals surface area (Å²) in [5.74, 6) is 0. The molecule has 0 atom stereocenters. The summed E-state index contributed by atoms with van der Waals surface area (Å²) in [4.78, 5) is 14.9. The van der Waals surface area contributed by atoms with Gasteiger partial charge in [-0.25, -0.2) is 12.4 Å². The van der Waals surface area contributed by atoms with Crippen LogP contribution in [0.5, 0.6) is 0 Å². The van der Waals surface area contributed by atoms with Gasteiger partial charge in [0.2, 0.25) is 0 Å². The van der Waals surface area contributed by atoms with E-state index in [-0.39, 0.29) is 4.90 Å². The Morgan fingerprint density at radius 1 is 1.10 bits per heavy atom. The van der Waals surface area contributed by atoms with Crippen molar-refractivity contribution in [2.75, 3.05) is 0 Å². The maximum atomic E-state index is 12.5. The van der Waals surface area contributed by atoms with Gasteiger partial charge >= 0.3 is 0 Å². The molecule has 1 aromatic carbocycles. The van der Waals surface area contributed by atoms with E-state index in [1.807, 2.05) is 0 Å². The average molecular weight is 286 g/mol. The van der Waals surface area contributed by atoms with Crippen molar-refractivity contribution < 1.29 is 13.2 Å². The Kier molecular flexibility index (Phi) is 2.87. The first-order valence-corrected chi connectivity index (χ1v) is 7.29. The minimum Gasteiger partial charge on any atom is -0.298 e. The SMILES string of the molecule is O=Cc1cccc2c1ccn2S(=O)(=O)c1cccnc1. The lowest BCUT2D eigenvalue weighted by molar-refractivity contribution is 0.112. The van der Waals surface area contributed by atoms with E-state index in [4.69, 9.17) is 0 Å². The maximum absolute atomic E-state index is 12.5. The molecule has 3 aromatic rings. The van der Waals surface area contributed by atoms with Gasteiger partial charge in [0.05, 0.1) is 5.52 Å². The van der Waals surface area contributed by atoms with Crippen LogP contribution in [0.2, 0.25) is 0 Å². The van der Waals surface area contributed by atoms with Crippen molar-refractivity contribution in [1.29, 1.82) is 0 Å². The molecule has 5 nitrogen and oxygen atoms in total. The molecular formula is C14H10N2O3S. The standard InChI is InChI=1S/C14H10N2O3S/c17-10-11-3-1-5-14-13(11)6-8-16(14)20(18,19)12-4-2-7-15-9-12/h1-10H. The van der Waals surface area contributed by atoms with E-state index >= 15 is 0 Å². The van der Waals surface area contributed by atoms with Gasteiger partial charge in [0.15, 0.2) is 6.29 Å². The van der Waals surface area contributed by atoms with Crippen molar-refractivity contribution in [3.05, 3.63) is 60.6 Å². The number of aldehydes is 1. The molecule has 0 amide bonds. The highest BCUT2D eigenvalue weighted by Crippen LogP contribution is 2.23. The third kappa shape index (κ3) is 1.81. The largest absolute Gasteiger partial charge is 0.298 e. The van der Waals surface area contributed by atoms with Gasteiger partial charge in [-0.3, -0.25) is 9.78 Å². The van der Waals surface area contributed by atoms with Crippen LogP contribution in [0, 0.1) is 0 Å². The molecule has 2 aromatic heterocycles. The molecule has 0 bridgehead atoms. The minimum absolute atomic E-state index is 0.106. The number of rotatable bonds is 3. The van der Waals surface area contributed by atoms with Crippen LogP contribution < -0.4 is 0 Å². The number of fused-ring (bicyclic) bond motifs is 1. The molecule has 100 valence electrons. The van der Waals surface area contributed by atoms with Crippen LogP contribution in [-0.4, -0.2) is 23.7 Å². The molecule has 0 unspecified atom stereocenters. The first-order valence-electron chi connectivity index (χ1n) is 5.85. The Balaban J connectivity index is 2.29. The van der Waals surface area contributed by atoms with E-state index in [2.05, 4.69) is 4.98 Å². The summed E-state index contributed by atoms with van der Waals surface area (Å²) in [7, 11) is -3.71. The van der Waals surface area contributed by atoms with Crippen LogP contribution in [0.3, 0.4) is 0 Å². The van der Waals surface area contributed by atoms with Gasteiger partial charge < -0.3 is 0 Å². The third-order valence-electron chi connectivity index (χ3n) is 3.05. The second-order valence-electron chi connectivity index (χ2n) is 4.20. The molecular weight excluding hydrogens is 276 g/mol. The predicted molar refractivity (Wildman–Crippen MR) is 74.1 cm³/mol. The van der Waals surface area contributed by atoms with Crippen LogP contribution in [0.1, 0.15) is 10.4 Å². The number of nitrogens with zero attached hydrogens (tertiary/aromatic N) is 2. The van der Waals surface area contributed by atoms with Gasteiger partial charge in [-0.1, -0.05) is 12.1 Å². The summed E-state index contributed by atoms with van der Waals surface area (Å²) in [6.45, 7) is 0. The van der Waals surface area contributed by atoms with Crippen LogP contribution in [0.4, 0.5) is 0 Å². The van der Waals surface area contributed by atoms with E-state index in [1.54, 1.807) is 30.3 Å². The Morgan fingerprint density at radius 2 is 1.95 bits per heavy atom. The molecule has 3 rings (SSSR count). The van der Waals surface area contributed by atoms with Gasteiger partial charge in [0, 0.05) is 29.5 Å².